The fraction of sp³-hybridized carbons (Fsp3) is 0.0667. The number of nitrogens with one attached hydrogen (secondary N) is 2. The Morgan fingerprint density at radius 2 is 1.79 bits per heavy atom. The van der Waals surface area contributed by atoms with Crippen molar-refractivity contribution < 1.29 is 9.90 Å². The standard InChI is InChI=1S/C15H12N2O2/c16-14(9-5-7-10(18)8-6-9)13-11-3-1-2-4-12(11)17-15(13)19/h1-8,13,16,18H,(H,17,19). The lowest BCUT2D eigenvalue weighted by Crippen LogP contribution is -2.21. The summed E-state index contributed by atoms with van der Waals surface area (Å²) < 4.78 is 0. The molecule has 3 N–H and O–H groups in total. The van der Waals surface area contributed by atoms with Gasteiger partial charge in [-0.2, -0.15) is 0 Å². The molecule has 1 unspecified atom stereocenters. The largest absolute Gasteiger partial charge is 0.508 e. The number of amides is 1. The minimum Gasteiger partial charge on any atom is -0.508 e. The van der Waals surface area contributed by atoms with E-state index in [9.17, 15) is 9.90 Å². The second-order valence-electron chi connectivity index (χ2n) is 4.47. The van der Waals surface area contributed by atoms with Crippen molar-refractivity contribution in [1.82, 2.24) is 0 Å². The molecule has 0 fully saturated rings. The molecular weight excluding hydrogens is 240 g/mol. The van der Waals surface area contributed by atoms with E-state index < -0.39 is 5.92 Å². The number of benzene rings is 2. The molecule has 0 aliphatic carbocycles. The second-order valence-corrected chi connectivity index (χ2v) is 4.47. The summed E-state index contributed by atoms with van der Waals surface area (Å²) in [6.45, 7) is 0. The zero-order valence-electron chi connectivity index (χ0n) is 10.1. The summed E-state index contributed by atoms with van der Waals surface area (Å²) in [6, 6.07) is 13.7. The minimum atomic E-state index is -0.583. The Labute approximate surface area is 110 Å². The number of phenols is 1. The van der Waals surface area contributed by atoms with Crippen LogP contribution in [0.4, 0.5) is 5.69 Å². The SMILES string of the molecule is N=C(c1ccc(O)cc1)C1C(=O)Nc2ccccc21. The van der Waals surface area contributed by atoms with Gasteiger partial charge >= 0.3 is 0 Å². The molecule has 1 heterocycles. The van der Waals surface area contributed by atoms with Crippen molar-refractivity contribution in [3.05, 3.63) is 59.7 Å². The van der Waals surface area contributed by atoms with Gasteiger partial charge in [0, 0.05) is 5.69 Å². The third-order valence-corrected chi connectivity index (χ3v) is 3.26. The van der Waals surface area contributed by atoms with Gasteiger partial charge in [-0.3, -0.25) is 4.79 Å². The van der Waals surface area contributed by atoms with E-state index >= 15 is 0 Å². The summed E-state index contributed by atoms with van der Waals surface area (Å²) in [5.41, 5.74) is 2.46. The zero-order valence-corrected chi connectivity index (χ0v) is 10.1. The van der Waals surface area contributed by atoms with Gasteiger partial charge in [-0.05, 0) is 41.5 Å². The van der Waals surface area contributed by atoms with E-state index in [4.69, 9.17) is 5.41 Å². The molecule has 1 atom stereocenters. The van der Waals surface area contributed by atoms with Gasteiger partial charge < -0.3 is 15.8 Å². The van der Waals surface area contributed by atoms with Crippen LogP contribution in [0.2, 0.25) is 0 Å². The number of carbonyl (C=O) groups is 1. The number of fused-ring (bicyclic) bond motifs is 1. The van der Waals surface area contributed by atoms with E-state index in [1.54, 1.807) is 12.1 Å². The molecule has 2 aromatic rings. The normalized spacial score (nSPS) is 16.8. The van der Waals surface area contributed by atoms with Gasteiger partial charge in [-0.25, -0.2) is 0 Å². The number of para-hydroxylation sites is 1. The fourth-order valence-corrected chi connectivity index (χ4v) is 2.30. The molecule has 19 heavy (non-hydrogen) atoms. The first-order chi connectivity index (χ1) is 9.16. The number of phenolic OH excluding ortho intramolecular Hbond substituents is 1. The van der Waals surface area contributed by atoms with Gasteiger partial charge in [0.25, 0.3) is 0 Å². The Morgan fingerprint density at radius 3 is 2.53 bits per heavy atom. The van der Waals surface area contributed by atoms with Crippen LogP contribution < -0.4 is 5.32 Å². The molecule has 1 aliphatic rings. The fourth-order valence-electron chi connectivity index (χ4n) is 2.30. The molecule has 0 spiro atoms. The average Bonchev–Trinajstić information content (AvgIpc) is 2.74. The number of hydrogen-bond donors (Lipinski definition) is 3. The molecule has 4 heteroatoms. The van der Waals surface area contributed by atoms with Gasteiger partial charge in [0.05, 0.1) is 5.71 Å². The van der Waals surface area contributed by atoms with Crippen molar-refractivity contribution in [3.8, 4) is 5.75 Å². The lowest BCUT2D eigenvalue weighted by Gasteiger charge is -2.11. The van der Waals surface area contributed by atoms with Crippen molar-refractivity contribution in [2.45, 2.75) is 5.92 Å². The summed E-state index contributed by atoms with van der Waals surface area (Å²) in [5.74, 6) is -0.618. The Balaban J connectivity index is 2.00. The van der Waals surface area contributed by atoms with Crippen LogP contribution >= 0.6 is 0 Å². The van der Waals surface area contributed by atoms with Crippen molar-refractivity contribution in [1.29, 1.82) is 5.41 Å². The zero-order chi connectivity index (χ0) is 13.4. The highest BCUT2D eigenvalue weighted by Gasteiger charge is 2.33. The lowest BCUT2D eigenvalue weighted by atomic mass is 9.91. The molecule has 94 valence electrons. The number of rotatable bonds is 2. The third kappa shape index (κ3) is 1.87. The van der Waals surface area contributed by atoms with Crippen molar-refractivity contribution >= 4 is 17.3 Å². The summed E-state index contributed by atoms with van der Waals surface area (Å²) in [5, 5.41) is 20.3. The highest BCUT2D eigenvalue weighted by Crippen LogP contribution is 2.34. The third-order valence-electron chi connectivity index (χ3n) is 3.26. The molecule has 1 amide bonds. The van der Waals surface area contributed by atoms with E-state index in [1.807, 2.05) is 24.3 Å². The Morgan fingerprint density at radius 1 is 1.11 bits per heavy atom. The monoisotopic (exact) mass is 252 g/mol. The van der Waals surface area contributed by atoms with Crippen molar-refractivity contribution in [3.63, 3.8) is 0 Å². The number of carbonyl (C=O) groups excluding carboxylic acids is 1. The minimum absolute atomic E-state index is 0.146. The van der Waals surface area contributed by atoms with Crippen LogP contribution in [0.5, 0.6) is 5.75 Å². The maximum atomic E-state index is 12.0. The maximum Gasteiger partial charge on any atom is 0.238 e. The van der Waals surface area contributed by atoms with Crippen LogP contribution in [0.1, 0.15) is 17.0 Å². The van der Waals surface area contributed by atoms with Gasteiger partial charge in [-0.1, -0.05) is 18.2 Å². The first-order valence-electron chi connectivity index (χ1n) is 5.94. The molecule has 3 rings (SSSR count). The average molecular weight is 252 g/mol. The van der Waals surface area contributed by atoms with Crippen LogP contribution in [0.15, 0.2) is 48.5 Å². The van der Waals surface area contributed by atoms with E-state index in [-0.39, 0.29) is 17.4 Å². The van der Waals surface area contributed by atoms with Gasteiger partial charge in [0.1, 0.15) is 11.7 Å². The summed E-state index contributed by atoms with van der Waals surface area (Å²) in [7, 11) is 0. The lowest BCUT2D eigenvalue weighted by molar-refractivity contribution is -0.115. The number of hydrogen-bond acceptors (Lipinski definition) is 3. The van der Waals surface area contributed by atoms with Crippen LogP contribution in [0.25, 0.3) is 0 Å². The van der Waals surface area contributed by atoms with E-state index in [0.717, 1.165) is 11.3 Å². The smallest absolute Gasteiger partial charge is 0.238 e. The molecule has 4 nitrogen and oxygen atoms in total. The molecule has 0 radical (unpaired) electrons. The second kappa shape index (κ2) is 4.24. The quantitative estimate of drug-likeness (QED) is 0.718. The van der Waals surface area contributed by atoms with Crippen LogP contribution in [0.3, 0.4) is 0 Å². The molecule has 0 saturated carbocycles. The molecule has 1 aliphatic heterocycles. The van der Waals surface area contributed by atoms with E-state index in [0.29, 0.717) is 5.56 Å². The predicted octanol–water partition coefficient (Wildman–Crippen LogP) is 2.50. The maximum absolute atomic E-state index is 12.0. The van der Waals surface area contributed by atoms with Crippen LogP contribution in [0, 0.1) is 5.41 Å². The molecule has 2 aromatic carbocycles. The highest BCUT2D eigenvalue weighted by atomic mass is 16.3. The van der Waals surface area contributed by atoms with E-state index in [2.05, 4.69) is 5.32 Å². The molecule has 0 saturated heterocycles. The molecule has 0 bridgehead atoms. The van der Waals surface area contributed by atoms with Crippen LogP contribution in [-0.4, -0.2) is 16.7 Å². The Hall–Kier alpha value is -2.62. The summed E-state index contributed by atoms with van der Waals surface area (Å²) >= 11 is 0. The highest BCUT2D eigenvalue weighted by molar-refractivity contribution is 6.22. The van der Waals surface area contributed by atoms with Crippen LogP contribution in [-0.2, 0) is 4.79 Å². The summed E-state index contributed by atoms with van der Waals surface area (Å²) in [6.07, 6.45) is 0. The van der Waals surface area contributed by atoms with Gasteiger partial charge in [-0.15, -0.1) is 0 Å². The Kier molecular flexibility index (Phi) is 2.56. The van der Waals surface area contributed by atoms with Gasteiger partial charge in [0.2, 0.25) is 5.91 Å². The van der Waals surface area contributed by atoms with Gasteiger partial charge in [0.15, 0.2) is 0 Å². The number of anilines is 1. The number of aromatic hydroxyl groups is 1. The topological polar surface area (TPSA) is 73.2 Å². The summed E-state index contributed by atoms with van der Waals surface area (Å²) in [4.78, 5) is 12.0. The van der Waals surface area contributed by atoms with E-state index in [1.165, 1.54) is 12.1 Å². The van der Waals surface area contributed by atoms with Crippen molar-refractivity contribution in [2.24, 2.45) is 0 Å². The predicted molar refractivity (Wildman–Crippen MR) is 72.7 cm³/mol. The molecule has 0 aromatic heterocycles. The first kappa shape index (κ1) is 11.5. The first-order valence-corrected chi connectivity index (χ1v) is 5.94. The Bertz CT molecular complexity index is 662. The van der Waals surface area contributed by atoms with Crippen molar-refractivity contribution in [2.75, 3.05) is 5.32 Å². The molecular formula is C15H12N2O2.